The summed E-state index contributed by atoms with van der Waals surface area (Å²) in [6.45, 7) is -0.687. The first-order valence-electron chi connectivity index (χ1n) is 11.6. The van der Waals surface area contributed by atoms with Gasteiger partial charge in [-0.15, -0.1) is 0 Å². The molecule has 1 aliphatic rings. The van der Waals surface area contributed by atoms with E-state index in [1.54, 1.807) is 30.3 Å². The number of halogens is 4. The molecule has 3 rings (SSSR count). The summed E-state index contributed by atoms with van der Waals surface area (Å²) in [5, 5.41) is 22.0. The minimum atomic E-state index is -1.70. The third-order valence-corrected chi connectivity index (χ3v) is 5.75. The van der Waals surface area contributed by atoms with Gasteiger partial charge in [0.1, 0.15) is 36.5 Å². The van der Waals surface area contributed by atoms with Crippen LogP contribution in [0.15, 0.2) is 47.0 Å². The van der Waals surface area contributed by atoms with E-state index in [2.05, 4.69) is 10.3 Å². The molecule has 0 aromatic heterocycles. The molecule has 12 heteroatoms. The minimum Gasteiger partial charge on any atom is -0.506 e. The van der Waals surface area contributed by atoms with Crippen LogP contribution >= 0.6 is 0 Å². The number of aliphatic hydroxyl groups is 2. The molecule has 1 fully saturated rings. The van der Waals surface area contributed by atoms with E-state index in [0.29, 0.717) is 17.8 Å². The smallest absolute Gasteiger partial charge is 0.408 e. The van der Waals surface area contributed by atoms with Crippen LogP contribution in [0.4, 0.5) is 22.4 Å². The fourth-order valence-corrected chi connectivity index (χ4v) is 3.60. The molecule has 3 N–H and O–H groups in total. The molecule has 1 aliphatic carbocycles. The number of ether oxygens (including phenoxy) is 2. The Balaban J connectivity index is 1.92. The van der Waals surface area contributed by atoms with Gasteiger partial charge in [0, 0.05) is 6.21 Å². The molecule has 2 aromatic rings. The molecule has 8 nitrogen and oxygen atoms in total. The summed E-state index contributed by atoms with van der Waals surface area (Å²) in [7, 11) is 0. The van der Waals surface area contributed by atoms with E-state index in [9.17, 15) is 19.1 Å². The number of carbonyl (C=O) groups excluding carboxylic acids is 2. The number of aliphatic hydroxyl groups excluding tert-OH is 2. The summed E-state index contributed by atoms with van der Waals surface area (Å²) in [6, 6.07) is 7.85. The van der Waals surface area contributed by atoms with E-state index in [4.69, 9.17) is 14.6 Å². The third kappa shape index (κ3) is 6.49. The molecule has 1 unspecified atom stereocenters. The molecule has 0 spiro atoms. The lowest BCUT2D eigenvalue weighted by molar-refractivity contribution is -0.137. The molecule has 204 valence electrons. The van der Waals surface area contributed by atoms with Crippen LogP contribution in [0.1, 0.15) is 36.5 Å². The zero-order valence-corrected chi connectivity index (χ0v) is 20.3. The van der Waals surface area contributed by atoms with E-state index < -0.39 is 76.8 Å². The van der Waals surface area contributed by atoms with Crippen LogP contribution in [-0.2, 0) is 26.4 Å². The van der Waals surface area contributed by atoms with E-state index in [1.807, 2.05) is 0 Å². The van der Waals surface area contributed by atoms with Gasteiger partial charge < -0.3 is 25.0 Å². The van der Waals surface area contributed by atoms with Crippen molar-refractivity contribution in [1.29, 1.82) is 0 Å². The number of carbonyl (C=O) groups is 2. The van der Waals surface area contributed by atoms with Crippen LogP contribution in [0.25, 0.3) is 5.76 Å². The normalized spacial score (nSPS) is 15.5. The molecule has 0 bridgehead atoms. The van der Waals surface area contributed by atoms with E-state index in [0.717, 1.165) is 0 Å². The van der Waals surface area contributed by atoms with Crippen LogP contribution < -0.4 is 5.32 Å². The number of nitrogens with zero attached hydrogens (tertiary/aromatic N) is 1. The Kier molecular flexibility index (Phi) is 9.45. The number of alkyl halides is 1. The molecule has 1 amide bonds. The molecule has 0 saturated heterocycles. The van der Waals surface area contributed by atoms with Gasteiger partial charge in [0.2, 0.25) is 0 Å². The number of alkyl carbamates (subject to hydrolysis) is 1. The summed E-state index contributed by atoms with van der Waals surface area (Å²) in [4.78, 5) is 28.2. The standard InChI is InChI=1S/C26H26F4N2O6/c1-2-37-24(35)18(12-31-16(11-27)13-33)23(34)17-10-19(28)20(22(30)21(17)29)26(8-9-26)32-25(36)38-14-15-6-4-3-5-7-15/h3-7,10,12,16,33-34H,2,8-9,11,13-14H2,1H3,(H,32,36)/b23-18-,31-12?. The van der Waals surface area contributed by atoms with E-state index in [1.165, 1.54) is 6.92 Å². The van der Waals surface area contributed by atoms with Gasteiger partial charge in [-0.2, -0.15) is 0 Å². The van der Waals surface area contributed by atoms with Crippen LogP contribution in [0, 0.1) is 17.5 Å². The van der Waals surface area contributed by atoms with Gasteiger partial charge >= 0.3 is 12.1 Å². The monoisotopic (exact) mass is 538 g/mol. The summed E-state index contributed by atoms with van der Waals surface area (Å²) >= 11 is 0. The van der Waals surface area contributed by atoms with Crippen molar-refractivity contribution in [2.75, 3.05) is 19.9 Å². The van der Waals surface area contributed by atoms with Gasteiger partial charge in [0.15, 0.2) is 11.6 Å². The SMILES string of the molecule is CCOC(=O)/C(C=NC(CO)CF)=C(\O)c1cc(F)c(C2(NC(=O)OCc3ccccc3)CC2)c(F)c1F. The first-order valence-corrected chi connectivity index (χ1v) is 11.6. The Hall–Kier alpha value is -3.93. The van der Waals surface area contributed by atoms with Crippen molar-refractivity contribution < 1.29 is 46.8 Å². The molecular formula is C26H26F4N2O6. The number of amides is 1. The summed E-state index contributed by atoms with van der Waals surface area (Å²) in [5.74, 6) is -7.14. The highest BCUT2D eigenvalue weighted by atomic mass is 19.2. The number of benzene rings is 2. The summed E-state index contributed by atoms with van der Waals surface area (Å²) < 4.78 is 68.2. The fourth-order valence-electron chi connectivity index (χ4n) is 3.60. The predicted molar refractivity (Wildman–Crippen MR) is 129 cm³/mol. The Morgan fingerprint density at radius 1 is 1.16 bits per heavy atom. The zero-order valence-electron chi connectivity index (χ0n) is 20.3. The average molecular weight is 538 g/mol. The maximum absolute atomic E-state index is 15.2. The highest BCUT2D eigenvalue weighted by molar-refractivity contribution is 6.15. The second-order valence-electron chi connectivity index (χ2n) is 8.43. The number of esters is 1. The maximum Gasteiger partial charge on any atom is 0.408 e. The van der Waals surface area contributed by atoms with E-state index in [-0.39, 0.29) is 26.1 Å². The number of hydrogen-bond donors (Lipinski definition) is 3. The maximum atomic E-state index is 15.2. The highest BCUT2D eigenvalue weighted by Crippen LogP contribution is 2.48. The number of aliphatic imine (C=N–C) groups is 1. The summed E-state index contributed by atoms with van der Waals surface area (Å²) in [6.07, 6.45) is -0.156. The lowest BCUT2D eigenvalue weighted by Gasteiger charge is -2.20. The zero-order chi connectivity index (χ0) is 27.9. The summed E-state index contributed by atoms with van der Waals surface area (Å²) in [5.41, 5.74) is -3.50. The molecular weight excluding hydrogens is 512 g/mol. The minimum absolute atomic E-state index is 0.0917. The van der Waals surface area contributed by atoms with Crippen molar-refractivity contribution in [3.8, 4) is 0 Å². The van der Waals surface area contributed by atoms with Crippen molar-refractivity contribution in [2.45, 2.75) is 38.0 Å². The molecule has 2 aromatic carbocycles. The Morgan fingerprint density at radius 3 is 2.42 bits per heavy atom. The second-order valence-corrected chi connectivity index (χ2v) is 8.43. The molecule has 0 heterocycles. The molecule has 1 atom stereocenters. The molecule has 0 aliphatic heterocycles. The lowest BCUT2D eigenvalue weighted by Crippen LogP contribution is -2.37. The number of hydrogen-bond acceptors (Lipinski definition) is 7. The highest BCUT2D eigenvalue weighted by Gasteiger charge is 2.51. The molecule has 38 heavy (non-hydrogen) atoms. The van der Waals surface area contributed by atoms with Crippen molar-refractivity contribution in [2.24, 2.45) is 4.99 Å². The van der Waals surface area contributed by atoms with Crippen LogP contribution in [0.3, 0.4) is 0 Å². The van der Waals surface area contributed by atoms with Gasteiger partial charge in [-0.05, 0) is 31.4 Å². The first-order chi connectivity index (χ1) is 18.2. The van der Waals surface area contributed by atoms with Gasteiger partial charge in [-0.3, -0.25) is 4.99 Å². The van der Waals surface area contributed by atoms with Crippen molar-refractivity contribution in [3.63, 3.8) is 0 Å². The fraction of sp³-hybridized carbons (Fsp3) is 0.346. The second kappa shape index (κ2) is 12.5. The van der Waals surface area contributed by atoms with Gasteiger partial charge in [0.05, 0.1) is 29.9 Å². The third-order valence-electron chi connectivity index (χ3n) is 5.75. The van der Waals surface area contributed by atoms with E-state index >= 15 is 13.2 Å². The molecule has 0 radical (unpaired) electrons. The first kappa shape index (κ1) is 28.6. The largest absolute Gasteiger partial charge is 0.506 e. The van der Waals surface area contributed by atoms with Gasteiger partial charge in [0.25, 0.3) is 0 Å². The topological polar surface area (TPSA) is 117 Å². The van der Waals surface area contributed by atoms with Crippen molar-refractivity contribution in [3.05, 3.63) is 76.1 Å². The Morgan fingerprint density at radius 2 is 1.84 bits per heavy atom. The quantitative estimate of drug-likeness (QED) is 0.0984. The van der Waals surface area contributed by atoms with Gasteiger partial charge in [-0.1, -0.05) is 30.3 Å². The Labute approximate surface area is 215 Å². The average Bonchev–Trinajstić information content (AvgIpc) is 3.67. The molecule has 1 saturated carbocycles. The van der Waals surface area contributed by atoms with Crippen molar-refractivity contribution >= 4 is 24.0 Å². The number of nitrogens with one attached hydrogen (secondary N) is 1. The predicted octanol–water partition coefficient (Wildman–Crippen LogP) is 4.25. The lowest BCUT2D eigenvalue weighted by atomic mass is 9.98. The van der Waals surface area contributed by atoms with Crippen LogP contribution in [0.5, 0.6) is 0 Å². The number of rotatable bonds is 11. The Bertz CT molecular complexity index is 1230. The van der Waals surface area contributed by atoms with Crippen molar-refractivity contribution in [1.82, 2.24) is 5.32 Å². The van der Waals surface area contributed by atoms with Crippen LogP contribution in [0.2, 0.25) is 0 Å². The van der Waals surface area contributed by atoms with Crippen LogP contribution in [-0.4, -0.2) is 54.4 Å². The van der Waals surface area contributed by atoms with Gasteiger partial charge in [-0.25, -0.2) is 27.2 Å².